The summed E-state index contributed by atoms with van der Waals surface area (Å²) < 4.78 is 9.91. The Morgan fingerprint density at radius 1 is 1.07 bits per heavy atom. The lowest BCUT2D eigenvalue weighted by atomic mass is 10.1. The lowest BCUT2D eigenvalue weighted by Gasteiger charge is -2.07. The van der Waals surface area contributed by atoms with Crippen LogP contribution in [0.3, 0.4) is 0 Å². The van der Waals surface area contributed by atoms with E-state index < -0.39 is 23.4 Å². The molecule has 0 saturated carbocycles. The Balaban J connectivity index is 1.74. The Kier molecular flexibility index (Phi) is 7.21. The Morgan fingerprint density at radius 3 is 2.43 bits per heavy atom. The minimum atomic E-state index is -0.685. The minimum absolute atomic E-state index is 0.0951. The first-order valence-electron chi connectivity index (χ1n) is 8.26. The van der Waals surface area contributed by atoms with E-state index in [1.165, 1.54) is 37.4 Å². The van der Waals surface area contributed by atoms with Crippen LogP contribution >= 0.6 is 0 Å². The highest BCUT2D eigenvalue weighted by molar-refractivity contribution is 5.98. The van der Waals surface area contributed by atoms with Crippen molar-refractivity contribution in [1.29, 1.82) is 0 Å². The largest absolute Gasteiger partial charge is 0.497 e. The SMILES string of the molecule is COc1cccc(C(=O)COC(=O)CCC(=O)Nc2ccc([N+](=O)[O-])cc2)c1. The van der Waals surface area contributed by atoms with Crippen molar-refractivity contribution >= 4 is 29.0 Å². The van der Waals surface area contributed by atoms with Crippen LogP contribution in [0.25, 0.3) is 0 Å². The summed E-state index contributed by atoms with van der Waals surface area (Å²) >= 11 is 0. The molecule has 146 valence electrons. The molecule has 2 aromatic carbocycles. The molecular weight excluding hydrogens is 368 g/mol. The Labute approximate surface area is 160 Å². The van der Waals surface area contributed by atoms with Crippen LogP contribution in [-0.4, -0.2) is 36.3 Å². The predicted octanol–water partition coefficient (Wildman–Crippen LogP) is 2.75. The highest BCUT2D eigenvalue weighted by Gasteiger charge is 2.13. The Hall–Kier alpha value is -3.75. The van der Waals surface area contributed by atoms with Crippen molar-refractivity contribution in [2.24, 2.45) is 0 Å². The first-order chi connectivity index (χ1) is 13.4. The van der Waals surface area contributed by atoms with Gasteiger partial charge < -0.3 is 14.8 Å². The summed E-state index contributed by atoms with van der Waals surface area (Å²) in [4.78, 5) is 45.6. The molecule has 0 aliphatic heterocycles. The molecule has 0 saturated heterocycles. The summed E-state index contributed by atoms with van der Waals surface area (Å²) in [5.41, 5.74) is 0.627. The molecule has 1 N–H and O–H groups in total. The molecule has 0 fully saturated rings. The van der Waals surface area contributed by atoms with Gasteiger partial charge in [0.05, 0.1) is 18.5 Å². The first kappa shape index (κ1) is 20.6. The van der Waals surface area contributed by atoms with E-state index in [4.69, 9.17) is 9.47 Å². The zero-order chi connectivity index (χ0) is 20.5. The van der Waals surface area contributed by atoms with Gasteiger partial charge in [-0.3, -0.25) is 24.5 Å². The third kappa shape index (κ3) is 6.20. The smallest absolute Gasteiger partial charge is 0.306 e. The lowest BCUT2D eigenvalue weighted by Crippen LogP contribution is -2.17. The molecule has 9 heteroatoms. The molecular formula is C19H18N2O7. The van der Waals surface area contributed by atoms with E-state index in [-0.39, 0.29) is 24.3 Å². The molecule has 0 bridgehead atoms. The second-order valence-corrected chi connectivity index (χ2v) is 5.67. The van der Waals surface area contributed by atoms with Gasteiger partial charge in [-0.25, -0.2) is 0 Å². The number of hydrogen-bond donors (Lipinski definition) is 1. The van der Waals surface area contributed by atoms with Gasteiger partial charge in [0, 0.05) is 29.8 Å². The predicted molar refractivity (Wildman–Crippen MR) is 99.2 cm³/mol. The molecule has 9 nitrogen and oxygen atoms in total. The van der Waals surface area contributed by atoms with Gasteiger partial charge in [-0.05, 0) is 24.3 Å². The summed E-state index contributed by atoms with van der Waals surface area (Å²) in [6.07, 6.45) is -0.354. The number of esters is 1. The number of benzene rings is 2. The molecule has 0 aliphatic rings. The van der Waals surface area contributed by atoms with Gasteiger partial charge in [0.2, 0.25) is 5.91 Å². The number of nitro benzene ring substituents is 1. The van der Waals surface area contributed by atoms with Gasteiger partial charge >= 0.3 is 5.97 Å². The van der Waals surface area contributed by atoms with E-state index in [0.29, 0.717) is 17.0 Å². The molecule has 0 aromatic heterocycles. The monoisotopic (exact) mass is 386 g/mol. The van der Waals surface area contributed by atoms with Crippen LogP contribution in [0.1, 0.15) is 23.2 Å². The third-order valence-corrected chi connectivity index (χ3v) is 3.67. The zero-order valence-electron chi connectivity index (χ0n) is 15.0. The van der Waals surface area contributed by atoms with E-state index in [2.05, 4.69) is 5.32 Å². The summed E-state index contributed by atoms with van der Waals surface area (Å²) in [5.74, 6) is -1.01. The fraction of sp³-hybridized carbons (Fsp3) is 0.211. The molecule has 0 heterocycles. The van der Waals surface area contributed by atoms with Crippen LogP contribution in [-0.2, 0) is 14.3 Å². The normalized spacial score (nSPS) is 10.0. The summed E-state index contributed by atoms with van der Waals surface area (Å²) in [6.45, 7) is -0.435. The number of rotatable bonds is 9. The van der Waals surface area contributed by atoms with Crippen LogP contribution in [0.15, 0.2) is 48.5 Å². The van der Waals surface area contributed by atoms with Gasteiger partial charge in [0.25, 0.3) is 5.69 Å². The van der Waals surface area contributed by atoms with Crippen molar-refractivity contribution in [3.8, 4) is 5.75 Å². The quantitative estimate of drug-likeness (QED) is 0.304. The van der Waals surface area contributed by atoms with Crippen LogP contribution in [0, 0.1) is 10.1 Å². The van der Waals surface area contributed by atoms with Crippen molar-refractivity contribution in [3.63, 3.8) is 0 Å². The van der Waals surface area contributed by atoms with Crippen LogP contribution in [0.2, 0.25) is 0 Å². The molecule has 2 aromatic rings. The fourth-order valence-corrected chi connectivity index (χ4v) is 2.20. The number of methoxy groups -OCH3 is 1. The maximum atomic E-state index is 12.0. The number of carbonyl (C=O) groups excluding carboxylic acids is 3. The molecule has 0 aliphatic carbocycles. The van der Waals surface area contributed by atoms with Crippen LogP contribution in [0.4, 0.5) is 11.4 Å². The first-order valence-corrected chi connectivity index (χ1v) is 8.26. The Morgan fingerprint density at radius 2 is 1.79 bits per heavy atom. The maximum Gasteiger partial charge on any atom is 0.306 e. The van der Waals surface area contributed by atoms with E-state index in [9.17, 15) is 24.5 Å². The fourth-order valence-electron chi connectivity index (χ4n) is 2.20. The number of nitrogens with zero attached hydrogens (tertiary/aromatic N) is 1. The molecule has 0 unspecified atom stereocenters. The van der Waals surface area contributed by atoms with Crippen molar-refractivity contribution in [2.45, 2.75) is 12.8 Å². The topological polar surface area (TPSA) is 125 Å². The summed E-state index contributed by atoms with van der Waals surface area (Å²) in [7, 11) is 1.48. The third-order valence-electron chi connectivity index (χ3n) is 3.67. The van der Waals surface area contributed by atoms with Gasteiger partial charge in [-0.2, -0.15) is 0 Å². The van der Waals surface area contributed by atoms with E-state index in [1.54, 1.807) is 18.2 Å². The molecule has 1 amide bonds. The van der Waals surface area contributed by atoms with Crippen molar-refractivity contribution in [1.82, 2.24) is 0 Å². The van der Waals surface area contributed by atoms with Crippen molar-refractivity contribution in [3.05, 3.63) is 64.2 Å². The number of non-ortho nitro benzene ring substituents is 1. The molecule has 28 heavy (non-hydrogen) atoms. The van der Waals surface area contributed by atoms with Crippen LogP contribution < -0.4 is 10.1 Å². The summed E-state index contributed by atoms with van der Waals surface area (Å²) in [5, 5.41) is 13.1. The van der Waals surface area contributed by atoms with Crippen molar-refractivity contribution in [2.75, 3.05) is 19.0 Å². The standard InChI is InChI=1S/C19H18N2O7/c1-27-16-4-2-3-13(11-16)17(22)12-28-19(24)10-9-18(23)20-14-5-7-15(8-6-14)21(25)26/h2-8,11H,9-10,12H2,1H3,(H,20,23). The minimum Gasteiger partial charge on any atom is -0.497 e. The molecule has 0 radical (unpaired) electrons. The number of anilines is 1. The van der Waals surface area contributed by atoms with Crippen molar-refractivity contribution < 1.29 is 28.8 Å². The number of ketones is 1. The van der Waals surface area contributed by atoms with Gasteiger partial charge in [-0.1, -0.05) is 12.1 Å². The van der Waals surface area contributed by atoms with E-state index in [1.807, 2.05) is 0 Å². The Bertz CT molecular complexity index is 878. The van der Waals surface area contributed by atoms with Gasteiger partial charge in [-0.15, -0.1) is 0 Å². The van der Waals surface area contributed by atoms with E-state index in [0.717, 1.165) is 0 Å². The lowest BCUT2D eigenvalue weighted by molar-refractivity contribution is -0.384. The number of nitrogens with one attached hydrogen (secondary N) is 1. The number of nitro groups is 1. The molecule has 0 atom stereocenters. The number of ether oxygens (including phenoxy) is 2. The highest BCUT2D eigenvalue weighted by atomic mass is 16.6. The number of carbonyl (C=O) groups is 3. The highest BCUT2D eigenvalue weighted by Crippen LogP contribution is 2.16. The second kappa shape index (κ2) is 9.81. The van der Waals surface area contributed by atoms with Crippen LogP contribution in [0.5, 0.6) is 5.75 Å². The average molecular weight is 386 g/mol. The van der Waals surface area contributed by atoms with E-state index >= 15 is 0 Å². The average Bonchev–Trinajstić information content (AvgIpc) is 2.70. The number of amides is 1. The molecule has 2 rings (SSSR count). The summed E-state index contributed by atoms with van der Waals surface area (Å²) in [6, 6.07) is 11.7. The second-order valence-electron chi connectivity index (χ2n) is 5.67. The van der Waals surface area contributed by atoms with Gasteiger partial charge in [0.15, 0.2) is 12.4 Å². The number of Topliss-reactive ketones (excluding diaryl/α,β-unsaturated/α-hetero) is 1. The maximum absolute atomic E-state index is 12.0. The van der Waals surface area contributed by atoms with Gasteiger partial charge in [0.1, 0.15) is 5.75 Å². The number of hydrogen-bond acceptors (Lipinski definition) is 7. The molecule has 0 spiro atoms. The zero-order valence-corrected chi connectivity index (χ0v) is 15.0.